The van der Waals surface area contributed by atoms with E-state index in [4.69, 9.17) is 10.5 Å². The van der Waals surface area contributed by atoms with Gasteiger partial charge in [-0.1, -0.05) is 11.3 Å². The Morgan fingerprint density at radius 3 is 3.11 bits per heavy atom. The minimum absolute atomic E-state index is 0.302. The molecule has 0 amide bonds. The third-order valence-electron chi connectivity index (χ3n) is 2.32. The number of carbonyl (C=O) groups is 1. The Balaban J connectivity index is 2.25. The molecule has 0 aliphatic carbocycles. The highest BCUT2D eigenvalue weighted by Crippen LogP contribution is 2.26. The molecule has 0 aliphatic rings. The fraction of sp³-hybridized carbons (Fsp3) is 0.333. The number of thiazole rings is 1. The molecule has 0 saturated heterocycles. The minimum Gasteiger partial charge on any atom is -0.462 e. The van der Waals surface area contributed by atoms with Crippen LogP contribution >= 0.6 is 11.3 Å². The molecular weight excluding hydrogens is 250 g/mol. The van der Waals surface area contributed by atoms with Gasteiger partial charge in [-0.2, -0.15) is 0 Å². The summed E-state index contributed by atoms with van der Waals surface area (Å²) in [5.74, 6) is -0.302. The maximum absolute atomic E-state index is 11.6. The lowest BCUT2D eigenvalue weighted by atomic mass is 10.2. The van der Waals surface area contributed by atoms with E-state index in [1.54, 1.807) is 19.1 Å². The number of rotatable bonds is 5. The van der Waals surface area contributed by atoms with Crippen LogP contribution < -0.4 is 11.1 Å². The van der Waals surface area contributed by atoms with E-state index >= 15 is 0 Å². The van der Waals surface area contributed by atoms with Gasteiger partial charge in [-0.25, -0.2) is 9.78 Å². The molecule has 96 valence electrons. The van der Waals surface area contributed by atoms with Gasteiger partial charge in [0.1, 0.15) is 0 Å². The largest absolute Gasteiger partial charge is 0.462 e. The molecule has 0 fully saturated rings. The SMILES string of the molecule is CCOC(=O)c1ccc2nc(NCCN)sc2c1. The van der Waals surface area contributed by atoms with Crippen LogP contribution in [0.25, 0.3) is 10.2 Å². The van der Waals surface area contributed by atoms with Gasteiger partial charge in [0.05, 0.1) is 22.4 Å². The second-order valence-electron chi connectivity index (χ2n) is 3.64. The van der Waals surface area contributed by atoms with E-state index in [-0.39, 0.29) is 5.97 Å². The van der Waals surface area contributed by atoms with Gasteiger partial charge in [0.25, 0.3) is 0 Å². The molecule has 0 saturated carbocycles. The van der Waals surface area contributed by atoms with Crippen LogP contribution in [0, 0.1) is 0 Å². The number of aromatic nitrogens is 1. The fourth-order valence-electron chi connectivity index (χ4n) is 1.52. The lowest BCUT2D eigenvalue weighted by molar-refractivity contribution is 0.0526. The highest BCUT2D eigenvalue weighted by molar-refractivity contribution is 7.22. The summed E-state index contributed by atoms with van der Waals surface area (Å²) in [4.78, 5) is 16.0. The van der Waals surface area contributed by atoms with E-state index in [1.807, 2.05) is 6.07 Å². The molecule has 0 aliphatic heterocycles. The number of fused-ring (bicyclic) bond motifs is 1. The van der Waals surface area contributed by atoms with Crippen LogP contribution in [0.1, 0.15) is 17.3 Å². The van der Waals surface area contributed by atoms with Crippen molar-refractivity contribution >= 4 is 32.7 Å². The monoisotopic (exact) mass is 265 g/mol. The highest BCUT2D eigenvalue weighted by Gasteiger charge is 2.09. The smallest absolute Gasteiger partial charge is 0.338 e. The average molecular weight is 265 g/mol. The third-order valence-corrected chi connectivity index (χ3v) is 3.30. The summed E-state index contributed by atoms with van der Waals surface area (Å²) in [6, 6.07) is 5.36. The number of hydrogen-bond acceptors (Lipinski definition) is 6. The molecule has 0 spiro atoms. The third kappa shape index (κ3) is 2.77. The maximum atomic E-state index is 11.6. The molecule has 2 aromatic rings. The molecule has 6 heteroatoms. The van der Waals surface area contributed by atoms with Gasteiger partial charge in [0.15, 0.2) is 5.13 Å². The summed E-state index contributed by atoms with van der Waals surface area (Å²) < 4.78 is 5.92. The molecule has 0 atom stereocenters. The van der Waals surface area contributed by atoms with Crippen LogP contribution in [0.4, 0.5) is 5.13 Å². The summed E-state index contributed by atoms with van der Waals surface area (Å²) in [7, 11) is 0. The van der Waals surface area contributed by atoms with Crippen molar-refractivity contribution in [3.05, 3.63) is 23.8 Å². The zero-order valence-electron chi connectivity index (χ0n) is 10.1. The Kier molecular flexibility index (Phi) is 4.11. The first-order valence-corrected chi connectivity index (χ1v) is 6.58. The Morgan fingerprint density at radius 2 is 2.39 bits per heavy atom. The Hall–Kier alpha value is -1.66. The standard InChI is InChI=1S/C12H15N3O2S/c1-2-17-11(16)8-3-4-9-10(7-8)18-12(15-9)14-6-5-13/h3-4,7H,2,5-6,13H2,1H3,(H,14,15). The van der Waals surface area contributed by atoms with E-state index in [2.05, 4.69) is 10.3 Å². The van der Waals surface area contributed by atoms with Gasteiger partial charge < -0.3 is 15.8 Å². The summed E-state index contributed by atoms with van der Waals surface area (Å²) in [5.41, 5.74) is 6.84. The maximum Gasteiger partial charge on any atom is 0.338 e. The Bertz CT molecular complexity index is 553. The first kappa shape index (κ1) is 12.8. The van der Waals surface area contributed by atoms with E-state index < -0.39 is 0 Å². The molecule has 1 heterocycles. The van der Waals surface area contributed by atoms with Crippen molar-refractivity contribution in [1.29, 1.82) is 0 Å². The van der Waals surface area contributed by atoms with Crippen molar-refractivity contribution in [2.45, 2.75) is 6.92 Å². The van der Waals surface area contributed by atoms with Gasteiger partial charge in [-0.3, -0.25) is 0 Å². The predicted molar refractivity (Wildman–Crippen MR) is 73.1 cm³/mol. The molecule has 0 unspecified atom stereocenters. The second kappa shape index (κ2) is 5.79. The molecule has 0 radical (unpaired) electrons. The molecule has 1 aromatic carbocycles. The van der Waals surface area contributed by atoms with Crippen molar-refractivity contribution < 1.29 is 9.53 Å². The van der Waals surface area contributed by atoms with Crippen LogP contribution in [-0.4, -0.2) is 30.6 Å². The first-order chi connectivity index (χ1) is 8.74. The number of hydrogen-bond donors (Lipinski definition) is 2. The number of benzene rings is 1. The van der Waals surface area contributed by atoms with Crippen molar-refractivity contribution in [3.63, 3.8) is 0 Å². The summed E-state index contributed by atoms with van der Waals surface area (Å²) in [6.07, 6.45) is 0. The second-order valence-corrected chi connectivity index (χ2v) is 4.67. The van der Waals surface area contributed by atoms with Gasteiger partial charge in [0, 0.05) is 13.1 Å². The predicted octanol–water partition coefficient (Wildman–Crippen LogP) is 1.84. The molecule has 0 bridgehead atoms. The molecule has 5 nitrogen and oxygen atoms in total. The average Bonchev–Trinajstić information content (AvgIpc) is 2.78. The summed E-state index contributed by atoms with van der Waals surface area (Å²) in [5, 5.41) is 3.94. The van der Waals surface area contributed by atoms with Crippen LogP contribution in [0.15, 0.2) is 18.2 Å². The van der Waals surface area contributed by atoms with Gasteiger partial charge in [0.2, 0.25) is 0 Å². The summed E-state index contributed by atoms with van der Waals surface area (Å²) >= 11 is 1.50. The number of carbonyl (C=O) groups excluding carboxylic acids is 1. The number of anilines is 1. The summed E-state index contributed by atoms with van der Waals surface area (Å²) in [6.45, 7) is 3.41. The molecule has 18 heavy (non-hydrogen) atoms. The first-order valence-electron chi connectivity index (χ1n) is 5.76. The highest BCUT2D eigenvalue weighted by atomic mass is 32.1. The van der Waals surface area contributed by atoms with Crippen LogP contribution in [0.5, 0.6) is 0 Å². The van der Waals surface area contributed by atoms with E-state index in [1.165, 1.54) is 11.3 Å². The topological polar surface area (TPSA) is 77.2 Å². The van der Waals surface area contributed by atoms with E-state index in [0.29, 0.717) is 25.3 Å². The lowest BCUT2D eigenvalue weighted by Crippen LogP contribution is -2.12. The van der Waals surface area contributed by atoms with Gasteiger partial charge >= 0.3 is 5.97 Å². The lowest BCUT2D eigenvalue weighted by Gasteiger charge is -2.00. The van der Waals surface area contributed by atoms with Gasteiger partial charge in [-0.05, 0) is 25.1 Å². The molecule has 2 rings (SSSR count). The van der Waals surface area contributed by atoms with Gasteiger partial charge in [-0.15, -0.1) is 0 Å². The van der Waals surface area contributed by atoms with Crippen molar-refractivity contribution in [3.8, 4) is 0 Å². The number of ether oxygens (including phenoxy) is 1. The van der Waals surface area contributed by atoms with Crippen molar-refractivity contribution in [1.82, 2.24) is 4.98 Å². The quantitative estimate of drug-likeness (QED) is 0.807. The zero-order valence-corrected chi connectivity index (χ0v) is 10.9. The van der Waals surface area contributed by atoms with Crippen LogP contribution in [0.2, 0.25) is 0 Å². The van der Waals surface area contributed by atoms with E-state index in [9.17, 15) is 4.79 Å². The number of nitrogens with zero attached hydrogens (tertiary/aromatic N) is 1. The molecular formula is C12H15N3O2S. The van der Waals surface area contributed by atoms with Crippen LogP contribution in [0.3, 0.4) is 0 Å². The Labute approximate surface area is 109 Å². The molecule has 1 aromatic heterocycles. The number of esters is 1. The molecule has 3 N–H and O–H groups in total. The number of nitrogens with one attached hydrogen (secondary N) is 1. The van der Waals surface area contributed by atoms with Crippen molar-refractivity contribution in [2.24, 2.45) is 5.73 Å². The fourth-order valence-corrected chi connectivity index (χ4v) is 2.45. The normalized spacial score (nSPS) is 10.6. The van der Waals surface area contributed by atoms with Crippen LogP contribution in [-0.2, 0) is 4.74 Å². The van der Waals surface area contributed by atoms with Crippen molar-refractivity contribution in [2.75, 3.05) is 25.0 Å². The van der Waals surface area contributed by atoms with E-state index in [0.717, 1.165) is 15.3 Å². The minimum atomic E-state index is -0.302. The number of nitrogens with two attached hydrogens (primary N) is 1. The Morgan fingerprint density at radius 1 is 1.56 bits per heavy atom. The zero-order chi connectivity index (χ0) is 13.0.